The minimum atomic E-state index is 0.556. The lowest BCUT2D eigenvalue weighted by Crippen LogP contribution is -1.97. The molecule has 17 heavy (non-hydrogen) atoms. The van der Waals surface area contributed by atoms with E-state index in [1.54, 1.807) is 6.20 Å². The van der Waals surface area contributed by atoms with Gasteiger partial charge < -0.3 is 10.1 Å². The molecule has 0 bridgehead atoms. The van der Waals surface area contributed by atoms with Crippen molar-refractivity contribution < 1.29 is 4.74 Å². The van der Waals surface area contributed by atoms with Crippen molar-refractivity contribution in [2.75, 3.05) is 12.4 Å². The van der Waals surface area contributed by atoms with E-state index in [0.717, 1.165) is 21.6 Å². The minimum absolute atomic E-state index is 0.556. The van der Waals surface area contributed by atoms with Gasteiger partial charge in [0.25, 0.3) is 0 Å². The van der Waals surface area contributed by atoms with Gasteiger partial charge in [0.1, 0.15) is 18.2 Å². The zero-order valence-electron chi connectivity index (χ0n) is 9.48. The number of rotatable bonds is 4. The third kappa shape index (κ3) is 3.46. The summed E-state index contributed by atoms with van der Waals surface area (Å²) in [4.78, 5) is 4.13. The third-order valence-electron chi connectivity index (χ3n) is 2.31. The Morgan fingerprint density at radius 1 is 1.24 bits per heavy atom. The van der Waals surface area contributed by atoms with Crippen LogP contribution in [0.5, 0.6) is 5.75 Å². The monoisotopic (exact) mass is 292 g/mol. The Hall–Kier alpha value is -1.55. The summed E-state index contributed by atoms with van der Waals surface area (Å²) in [5.41, 5.74) is 1.14. The van der Waals surface area contributed by atoms with E-state index < -0.39 is 0 Å². The molecule has 0 spiro atoms. The van der Waals surface area contributed by atoms with Crippen molar-refractivity contribution in [1.82, 2.24) is 4.98 Å². The van der Waals surface area contributed by atoms with Gasteiger partial charge in [0.15, 0.2) is 0 Å². The molecule has 0 atom stereocenters. The SMILES string of the molecule is CNc1cc(OCc2ccc(Br)cc2)ccn1. The first-order valence-electron chi connectivity index (χ1n) is 5.29. The highest BCUT2D eigenvalue weighted by atomic mass is 79.9. The van der Waals surface area contributed by atoms with Crippen LogP contribution in [0.3, 0.4) is 0 Å². The van der Waals surface area contributed by atoms with Gasteiger partial charge in [-0.3, -0.25) is 0 Å². The number of hydrogen-bond acceptors (Lipinski definition) is 3. The number of halogens is 1. The average Bonchev–Trinajstić information content (AvgIpc) is 2.38. The number of pyridine rings is 1. The van der Waals surface area contributed by atoms with Gasteiger partial charge in [-0.1, -0.05) is 28.1 Å². The molecule has 0 fully saturated rings. The summed E-state index contributed by atoms with van der Waals surface area (Å²) in [7, 11) is 1.83. The quantitative estimate of drug-likeness (QED) is 0.937. The van der Waals surface area contributed by atoms with E-state index in [0.29, 0.717) is 6.61 Å². The van der Waals surface area contributed by atoms with E-state index >= 15 is 0 Å². The van der Waals surface area contributed by atoms with Gasteiger partial charge in [-0.05, 0) is 23.8 Å². The lowest BCUT2D eigenvalue weighted by molar-refractivity contribution is 0.306. The van der Waals surface area contributed by atoms with Crippen LogP contribution in [0.25, 0.3) is 0 Å². The van der Waals surface area contributed by atoms with E-state index in [-0.39, 0.29) is 0 Å². The van der Waals surface area contributed by atoms with Gasteiger partial charge in [0.2, 0.25) is 0 Å². The summed E-state index contributed by atoms with van der Waals surface area (Å²) in [6, 6.07) is 11.8. The summed E-state index contributed by atoms with van der Waals surface area (Å²) >= 11 is 3.40. The molecule has 0 saturated heterocycles. The van der Waals surface area contributed by atoms with Crippen molar-refractivity contribution in [1.29, 1.82) is 0 Å². The molecule has 0 unspecified atom stereocenters. The molecule has 1 N–H and O–H groups in total. The first-order valence-corrected chi connectivity index (χ1v) is 6.08. The summed E-state index contributed by atoms with van der Waals surface area (Å²) < 4.78 is 6.75. The van der Waals surface area contributed by atoms with Crippen LogP contribution in [0.15, 0.2) is 47.1 Å². The van der Waals surface area contributed by atoms with E-state index in [2.05, 4.69) is 26.2 Å². The molecule has 2 aromatic rings. The smallest absolute Gasteiger partial charge is 0.129 e. The molecule has 3 nitrogen and oxygen atoms in total. The van der Waals surface area contributed by atoms with E-state index in [9.17, 15) is 0 Å². The van der Waals surface area contributed by atoms with Crippen molar-refractivity contribution in [3.05, 3.63) is 52.6 Å². The number of benzene rings is 1. The lowest BCUT2D eigenvalue weighted by atomic mass is 10.2. The molecule has 0 aliphatic carbocycles. The highest BCUT2D eigenvalue weighted by Gasteiger charge is 1.98. The predicted molar refractivity (Wildman–Crippen MR) is 72.3 cm³/mol. The molecule has 0 radical (unpaired) electrons. The van der Waals surface area contributed by atoms with Gasteiger partial charge in [0, 0.05) is 23.8 Å². The maximum Gasteiger partial charge on any atom is 0.129 e. The van der Waals surface area contributed by atoms with Crippen molar-refractivity contribution in [2.24, 2.45) is 0 Å². The topological polar surface area (TPSA) is 34.1 Å². The third-order valence-corrected chi connectivity index (χ3v) is 2.83. The van der Waals surface area contributed by atoms with Crippen molar-refractivity contribution >= 4 is 21.7 Å². The Kier molecular flexibility index (Phi) is 3.98. The Labute approximate surface area is 109 Å². The lowest BCUT2D eigenvalue weighted by Gasteiger charge is -2.07. The van der Waals surface area contributed by atoms with E-state index in [1.165, 1.54) is 0 Å². The van der Waals surface area contributed by atoms with Gasteiger partial charge in [0.05, 0.1) is 0 Å². The van der Waals surface area contributed by atoms with E-state index in [4.69, 9.17) is 4.74 Å². The Morgan fingerprint density at radius 2 is 2.00 bits per heavy atom. The molecule has 1 aromatic heterocycles. The normalized spacial score (nSPS) is 10.0. The fourth-order valence-electron chi connectivity index (χ4n) is 1.38. The molecule has 1 heterocycles. The number of ether oxygens (including phenoxy) is 1. The van der Waals surface area contributed by atoms with Crippen LogP contribution < -0.4 is 10.1 Å². The Bertz CT molecular complexity index is 485. The van der Waals surface area contributed by atoms with Crippen LogP contribution in [0.1, 0.15) is 5.56 Å². The molecule has 0 aliphatic heterocycles. The number of anilines is 1. The van der Waals surface area contributed by atoms with Gasteiger partial charge in [-0.25, -0.2) is 4.98 Å². The number of hydrogen-bond donors (Lipinski definition) is 1. The molecule has 1 aromatic carbocycles. The minimum Gasteiger partial charge on any atom is -0.489 e. The molecular weight excluding hydrogens is 280 g/mol. The highest BCUT2D eigenvalue weighted by molar-refractivity contribution is 9.10. The summed E-state index contributed by atoms with van der Waals surface area (Å²) in [6.07, 6.45) is 1.72. The largest absolute Gasteiger partial charge is 0.489 e. The highest BCUT2D eigenvalue weighted by Crippen LogP contribution is 2.16. The van der Waals surface area contributed by atoms with Crippen LogP contribution in [0, 0.1) is 0 Å². The van der Waals surface area contributed by atoms with Gasteiger partial charge in [-0.15, -0.1) is 0 Å². The maximum absolute atomic E-state index is 5.68. The van der Waals surface area contributed by atoms with E-state index in [1.807, 2.05) is 43.4 Å². The zero-order valence-corrected chi connectivity index (χ0v) is 11.1. The molecule has 88 valence electrons. The number of nitrogens with one attached hydrogen (secondary N) is 1. The Morgan fingerprint density at radius 3 is 2.71 bits per heavy atom. The number of aromatic nitrogens is 1. The van der Waals surface area contributed by atoms with Crippen molar-refractivity contribution in [3.63, 3.8) is 0 Å². The Balaban J connectivity index is 1.99. The zero-order chi connectivity index (χ0) is 12.1. The second-order valence-corrected chi connectivity index (χ2v) is 4.46. The second kappa shape index (κ2) is 5.68. The van der Waals surface area contributed by atoms with Crippen LogP contribution >= 0.6 is 15.9 Å². The maximum atomic E-state index is 5.68. The first-order chi connectivity index (χ1) is 8.28. The molecule has 2 rings (SSSR count). The second-order valence-electron chi connectivity index (χ2n) is 3.54. The molecule has 0 aliphatic rings. The van der Waals surface area contributed by atoms with Gasteiger partial charge >= 0.3 is 0 Å². The van der Waals surface area contributed by atoms with Crippen molar-refractivity contribution in [3.8, 4) is 5.75 Å². The summed E-state index contributed by atoms with van der Waals surface area (Å²) in [5.74, 6) is 1.62. The fourth-order valence-corrected chi connectivity index (χ4v) is 1.65. The summed E-state index contributed by atoms with van der Waals surface area (Å²) in [6.45, 7) is 0.556. The van der Waals surface area contributed by atoms with Crippen LogP contribution in [0.4, 0.5) is 5.82 Å². The molecule has 0 saturated carbocycles. The number of nitrogens with zero attached hydrogens (tertiary/aromatic N) is 1. The summed E-state index contributed by atoms with van der Waals surface area (Å²) in [5, 5.41) is 2.98. The van der Waals surface area contributed by atoms with Crippen LogP contribution in [-0.4, -0.2) is 12.0 Å². The van der Waals surface area contributed by atoms with Gasteiger partial charge in [-0.2, -0.15) is 0 Å². The van der Waals surface area contributed by atoms with Crippen LogP contribution in [-0.2, 0) is 6.61 Å². The molecular formula is C13H13BrN2O. The van der Waals surface area contributed by atoms with Crippen molar-refractivity contribution in [2.45, 2.75) is 6.61 Å². The van der Waals surface area contributed by atoms with Crippen LogP contribution in [0.2, 0.25) is 0 Å². The predicted octanol–water partition coefficient (Wildman–Crippen LogP) is 3.46. The standard InChI is InChI=1S/C13H13BrN2O/c1-15-13-8-12(6-7-16-13)17-9-10-2-4-11(14)5-3-10/h2-8H,9H2,1H3,(H,15,16). The molecule has 4 heteroatoms. The first kappa shape index (κ1) is 11.9. The fraction of sp³-hybridized carbons (Fsp3) is 0.154. The average molecular weight is 293 g/mol. The molecule has 0 amide bonds.